The minimum absolute atomic E-state index is 0.351. The number of aromatic nitrogens is 2. The number of para-hydroxylation sites is 1. The zero-order chi connectivity index (χ0) is 13.2. The minimum atomic E-state index is 0.351. The van der Waals surface area contributed by atoms with E-state index in [4.69, 9.17) is 11.6 Å². The average Bonchev–Trinajstić information content (AvgIpc) is 2.90. The minimum Gasteiger partial charge on any atom is -0.354 e. The van der Waals surface area contributed by atoms with Gasteiger partial charge in [-0.25, -0.2) is 4.63 Å². The van der Waals surface area contributed by atoms with Gasteiger partial charge in [0.05, 0.1) is 10.7 Å². The third-order valence-corrected chi connectivity index (χ3v) is 2.94. The van der Waals surface area contributed by atoms with Gasteiger partial charge in [0.2, 0.25) is 0 Å². The summed E-state index contributed by atoms with van der Waals surface area (Å²) in [7, 11) is 0. The van der Waals surface area contributed by atoms with Crippen molar-refractivity contribution in [3.8, 4) is 0 Å². The molecule has 0 saturated heterocycles. The second kappa shape index (κ2) is 4.75. The van der Waals surface area contributed by atoms with Crippen molar-refractivity contribution in [1.29, 1.82) is 0 Å². The van der Waals surface area contributed by atoms with Crippen LogP contribution in [-0.2, 0) is 0 Å². The van der Waals surface area contributed by atoms with Crippen molar-refractivity contribution in [3.05, 3.63) is 41.4 Å². The predicted octanol–water partition coefficient (Wildman–Crippen LogP) is 3.42. The van der Waals surface area contributed by atoms with Crippen LogP contribution in [0.3, 0.4) is 0 Å². The number of hydrogen-bond donors (Lipinski definition) is 3. The number of benzene rings is 2. The number of anilines is 3. The van der Waals surface area contributed by atoms with Crippen molar-refractivity contribution in [2.45, 2.75) is 0 Å². The number of rotatable bonds is 3. The van der Waals surface area contributed by atoms with Gasteiger partial charge in [-0.05, 0) is 28.5 Å². The van der Waals surface area contributed by atoms with Crippen molar-refractivity contribution in [2.24, 2.45) is 0 Å². The Morgan fingerprint density at radius 1 is 1.11 bits per heavy atom. The van der Waals surface area contributed by atoms with Gasteiger partial charge in [-0.3, -0.25) is 10.7 Å². The number of nitrogens with zero attached hydrogens (tertiary/aromatic N) is 2. The highest BCUT2D eigenvalue weighted by molar-refractivity contribution is 6.36. The van der Waals surface area contributed by atoms with E-state index in [2.05, 4.69) is 25.7 Å². The molecular weight excluding hydrogens is 268 g/mol. The summed E-state index contributed by atoms with van der Waals surface area (Å²) < 4.78 is 4.63. The van der Waals surface area contributed by atoms with E-state index in [1.165, 1.54) is 0 Å². The van der Waals surface area contributed by atoms with Crippen molar-refractivity contribution >= 4 is 39.7 Å². The summed E-state index contributed by atoms with van der Waals surface area (Å²) in [5.41, 5.74) is 4.60. The molecule has 6 nitrogen and oxygen atoms in total. The molecule has 0 aliphatic rings. The summed E-state index contributed by atoms with van der Waals surface area (Å²) in [6, 6.07) is 11.1. The molecule has 0 unspecified atom stereocenters. The van der Waals surface area contributed by atoms with Crippen LogP contribution in [0.5, 0.6) is 0 Å². The van der Waals surface area contributed by atoms with Gasteiger partial charge in [0.25, 0.3) is 0 Å². The Hall–Kier alpha value is -2.31. The molecular formula is C12H9ClN4O2. The summed E-state index contributed by atoms with van der Waals surface area (Å²) in [5.74, 6) is 0. The van der Waals surface area contributed by atoms with Gasteiger partial charge < -0.3 is 5.32 Å². The molecule has 0 bridgehead atoms. The van der Waals surface area contributed by atoms with Crippen LogP contribution in [-0.4, -0.2) is 15.5 Å². The third kappa shape index (κ3) is 2.07. The molecule has 7 heteroatoms. The monoisotopic (exact) mass is 276 g/mol. The molecule has 3 aromatic rings. The van der Waals surface area contributed by atoms with Crippen LogP contribution in [0.2, 0.25) is 5.02 Å². The number of hydrogen-bond acceptors (Lipinski definition) is 6. The van der Waals surface area contributed by atoms with Gasteiger partial charge in [-0.2, -0.15) is 0 Å². The Morgan fingerprint density at radius 2 is 1.84 bits per heavy atom. The van der Waals surface area contributed by atoms with Crippen LogP contribution in [0.15, 0.2) is 41.0 Å². The van der Waals surface area contributed by atoms with Crippen LogP contribution in [0.4, 0.5) is 17.1 Å². The van der Waals surface area contributed by atoms with Gasteiger partial charge in [-0.15, -0.1) is 0 Å². The molecule has 3 N–H and O–H groups in total. The molecule has 0 atom stereocenters. The lowest BCUT2D eigenvalue weighted by Gasteiger charge is -2.11. The normalized spacial score (nSPS) is 10.6. The topological polar surface area (TPSA) is 83.2 Å². The van der Waals surface area contributed by atoms with E-state index in [0.29, 0.717) is 27.4 Å². The van der Waals surface area contributed by atoms with Gasteiger partial charge >= 0.3 is 0 Å². The van der Waals surface area contributed by atoms with Crippen LogP contribution >= 0.6 is 11.6 Å². The lowest BCUT2D eigenvalue weighted by molar-refractivity contribution is 0.315. The molecule has 19 heavy (non-hydrogen) atoms. The van der Waals surface area contributed by atoms with Gasteiger partial charge in [-0.1, -0.05) is 29.8 Å². The fraction of sp³-hybridized carbons (Fsp3) is 0. The van der Waals surface area contributed by atoms with Crippen molar-refractivity contribution in [1.82, 2.24) is 10.3 Å². The average molecular weight is 277 g/mol. The summed E-state index contributed by atoms with van der Waals surface area (Å²) in [4.78, 5) is 0. The van der Waals surface area contributed by atoms with E-state index < -0.39 is 0 Å². The Morgan fingerprint density at radius 3 is 2.58 bits per heavy atom. The van der Waals surface area contributed by atoms with E-state index in [9.17, 15) is 5.21 Å². The predicted molar refractivity (Wildman–Crippen MR) is 71.9 cm³/mol. The van der Waals surface area contributed by atoms with E-state index in [1.54, 1.807) is 6.07 Å². The van der Waals surface area contributed by atoms with E-state index in [0.717, 1.165) is 5.69 Å². The third-order valence-electron chi connectivity index (χ3n) is 2.66. The van der Waals surface area contributed by atoms with Gasteiger partial charge in [0, 0.05) is 5.69 Å². The first-order valence-electron chi connectivity index (χ1n) is 5.46. The largest absolute Gasteiger partial charge is 0.354 e. The van der Waals surface area contributed by atoms with Crippen molar-refractivity contribution in [3.63, 3.8) is 0 Å². The van der Waals surface area contributed by atoms with E-state index in [1.807, 2.05) is 30.3 Å². The van der Waals surface area contributed by atoms with Gasteiger partial charge in [0.1, 0.15) is 5.69 Å². The highest BCUT2D eigenvalue weighted by atomic mass is 35.5. The van der Waals surface area contributed by atoms with Crippen LogP contribution in [0, 0.1) is 0 Å². The number of halogens is 1. The first-order valence-corrected chi connectivity index (χ1v) is 5.84. The fourth-order valence-electron chi connectivity index (χ4n) is 1.79. The Balaban J connectivity index is 2.12. The SMILES string of the molecule is ONc1c(Nc2ccccc2)cc(Cl)c2nonc12. The zero-order valence-electron chi connectivity index (χ0n) is 9.59. The smallest absolute Gasteiger partial charge is 0.164 e. The summed E-state index contributed by atoms with van der Waals surface area (Å²) in [6.45, 7) is 0. The maximum absolute atomic E-state index is 9.26. The molecule has 96 valence electrons. The molecule has 0 amide bonds. The van der Waals surface area contributed by atoms with Gasteiger partial charge in [0.15, 0.2) is 11.0 Å². The maximum Gasteiger partial charge on any atom is 0.164 e. The molecule has 0 aliphatic carbocycles. The maximum atomic E-state index is 9.26. The zero-order valence-corrected chi connectivity index (χ0v) is 10.3. The second-order valence-electron chi connectivity index (χ2n) is 3.85. The molecule has 0 aliphatic heterocycles. The molecule has 0 fully saturated rings. The molecule has 1 aromatic heterocycles. The Bertz CT molecular complexity index is 714. The lowest BCUT2D eigenvalue weighted by atomic mass is 10.2. The molecule has 3 rings (SSSR count). The molecule has 2 aromatic carbocycles. The summed E-state index contributed by atoms with van der Waals surface area (Å²) in [5, 5.41) is 20.2. The molecule has 0 saturated carbocycles. The Kier molecular flexibility index (Phi) is 2.94. The lowest BCUT2D eigenvalue weighted by Crippen LogP contribution is -1.99. The first kappa shape index (κ1) is 11.8. The fourth-order valence-corrected chi connectivity index (χ4v) is 2.03. The Labute approximate surface area is 112 Å². The van der Waals surface area contributed by atoms with E-state index >= 15 is 0 Å². The first-order chi connectivity index (χ1) is 9.29. The van der Waals surface area contributed by atoms with Crippen molar-refractivity contribution < 1.29 is 9.84 Å². The molecule has 0 radical (unpaired) electrons. The quantitative estimate of drug-likeness (QED) is 0.636. The standard InChI is InChI=1S/C12H9ClN4O2/c13-8-6-9(14-7-4-2-1-3-5-7)11(15-18)12-10(8)16-19-17-12/h1-6,14-15,18H. The molecule has 0 spiro atoms. The van der Waals surface area contributed by atoms with Crippen LogP contribution < -0.4 is 10.8 Å². The van der Waals surface area contributed by atoms with Crippen molar-refractivity contribution in [2.75, 3.05) is 10.8 Å². The summed E-state index contributed by atoms with van der Waals surface area (Å²) >= 11 is 6.09. The number of fused-ring (bicyclic) bond motifs is 1. The highest BCUT2D eigenvalue weighted by Crippen LogP contribution is 2.35. The second-order valence-corrected chi connectivity index (χ2v) is 4.25. The summed E-state index contributed by atoms with van der Waals surface area (Å²) in [6.07, 6.45) is 0. The molecule has 1 heterocycles. The van der Waals surface area contributed by atoms with E-state index in [-0.39, 0.29) is 0 Å². The highest BCUT2D eigenvalue weighted by Gasteiger charge is 2.15. The van der Waals surface area contributed by atoms with Crippen LogP contribution in [0.1, 0.15) is 0 Å². The number of nitrogens with one attached hydrogen (secondary N) is 2. The van der Waals surface area contributed by atoms with Crippen LogP contribution in [0.25, 0.3) is 11.0 Å².